The fourth-order valence-electron chi connectivity index (χ4n) is 2.01. The zero-order valence-corrected chi connectivity index (χ0v) is 17.5. The molecule has 1 atom stereocenters. The van der Waals surface area contributed by atoms with E-state index < -0.39 is 27.7 Å². The number of rotatable bonds is 6. The molecular formula is C17H26N4O4S2. The van der Waals surface area contributed by atoms with E-state index in [4.69, 9.17) is 12.2 Å². The van der Waals surface area contributed by atoms with Crippen LogP contribution < -0.4 is 21.5 Å². The molecule has 10 heteroatoms. The van der Waals surface area contributed by atoms with Crippen LogP contribution in [0.3, 0.4) is 0 Å². The maximum Gasteiger partial charge on any atom is 0.260 e. The minimum atomic E-state index is -3.30. The monoisotopic (exact) mass is 414 g/mol. The van der Waals surface area contributed by atoms with Crippen molar-refractivity contribution in [1.29, 1.82) is 0 Å². The quantitative estimate of drug-likeness (QED) is 0.396. The Morgan fingerprint density at radius 2 is 1.70 bits per heavy atom. The lowest BCUT2D eigenvalue weighted by molar-refractivity contribution is -0.123. The van der Waals surface area contributed by atoms with Crippen molar-refractivity contribution in [3.63, 3.8) is 0 Å². The van der Waals surface area contributed by atoms with Crippen LogP contribution in [0.5, 0.6) is 0 Å². The lowest BCUT2D eigenvalue weighted by Crippen LogP contribution is -2.56. The number of hydrazine groups is 1. The summed E-state index contributed by atoms with van der Waals surface area (Å²) in [7, 11) is -3.30. The molecule has 0 aliphatic heterocycles. The van der Waals surface area contributed by atoms with Gasteiger partial charge in [-0.15, -0.1) is 0 Å². The van der Waals surface area contributed by atoms with E-state index in [1.165, 1.54) is 0 Å². The zero-order valence-electron chi connectivity index (χ0n) is 15.8. The van der Waals surface area contributed by atoms with Gasteiger partial charge in [0.25, 0.3) is 11.8 Å². The van der Waals surface area contributed by atoms with Crippen LogP contribution in [0.25, 0.3) is 0 Å². The Labute approximate surface area is 165 Å². The molecular weight excluding hydrogens is 388 g/mol. The van der Waals surface area contributed by atoms with Crippen LogP contribution in [0.4, 0.5) is 0 Å². The molecule has 0 aromatic heterocycles. The fourth-order valence-corrected chi connectivity index (χ4v) is 3.03. The highest BCUT2D eigenvalue weighted by Crippen LogP contribution is 2.03. The molecule has 0 spiro atoms. The number of nitrogens with one attached hydrogen (secondary N) is 4. The molecule has 0 heterocycles. The van der Waals surface area contributed by atoms with Gasteiger partial charge in [0.15, 0.2) is 5.11 Å². The molecule has 0 radical (unpaired) electrons. The SMILES string of the molecule is CC(C)(C)NC(=S)NNC(=O)[C@@H](CCS(C)(=O)=O)NC(=O)c1ccccc1. The Kier molecular flexibility index (Phi) is 8.17. The van der Waals surface area contributed by atoms with E-state index >= 15 is 0 Å². The third-order valence-corrected chi connectivity index (χ3v) is 4.40. The van der Waals surface area contributed by atoms with Crippen molar-refractivity contribution in [2.75, 3.05) is 12.0 Å². The largest absolute Gasteiger partial charge is 0.357 e. The average molecular weight is 415 g/mol. The van der Waals surface area contributed by atoms with Crippen LogP contribution >= 0.6 is 12.2 Å². The normalized spacial score (nSPS) is 12.6. The van der Waals surface area contributed by atoms with Crippen molar-refractivity contribution in [3.8, 4) is 0 Å². The first-order chi connectivity index (χ1) is 12.4. The van der Waals surface area contributed by atoms with Crippen molar-refractivity contribution in [2.45, 2.75) is 38.8 Å². The molecule has 0 aliphatic carbocycles. The van der Waals surface area contributed by atoms with E-state index in [2.05, 4.69) is 21.5 Å². The number of carbonyl (C=O) groups is 2. The second-order valence-corrected chi connectivity index (χ2v) is 9.80. The van der Waals surface area contributed by atoms with Crippen molar-refractivity contribution >= 4 is 39.0 Å². The topological polar surface area (TPSA) is 116 Å². The number of benzene rings is 1. The lowest BCUT2D eigenvalue weighted by atomic mass is 10.1. The van der Waals surface area contributed by atoms with Gasteiger partial charge in [-0.1, -0.05) is 18.2 Å². The van der Waals surface area contributed by atoms with Crippen LogP contribution in [-0.2, 0) is 14.6 Å². The van der Waals surface area contributed by atoms with E-state index in [9.17, 15) is 18.0 Å². The molecule has 1 aromatic rings. The number of carbonyl (C=O) groups excluding carboxylic acids is 2. The first kappa shape index (κ1) is 22.8. The van der Waals surface area contributed by atoms with Gasteiger partial charge in [-0.05, 0) is 51.5 Å². The van der Waals surface area contributed by atoms with Crippen molar-refractivity contribution in [1.82, 2.24) is 21.5 Å². The summed E-state index contributed by atoms with van der Waals surface area (Å²) in [6, 6.07) is 7.30. The highest BCUT2D eigenvalue weighted by atomic mass is 32.2. The van der Waals surface area contributed by atoms with E-state index in [0.717, 1.165) is 6.26 Å². The molecule has 0 aliphatic rings. The van der Waals surface area contributed by atoms with Crippen molar-refractivity contribution in [2.24, 2.45) is 0 Å². The number of thiocarbonyl (C=S) groups is 1. The lowest BCUT2D eigenvalue weighted by Gasteiger charge is -2.24. The Morgan fingerprint density at radius 3 is 2.22 bits per heavy atom. The zero-order chi connectivity index (χ0) is 20.7. The molecule has 1 aromatic carbocycles. The fraction of sp³-hybridized carbons (Fsp3) is 0.471. The molecule has 1 rings (SSSR count). The smallest absolute Gasteiger partial charge is 0.260 e. The van der Waals surface area contributed by atoms with Gasteiger partial charge in [-0.2, -0.15) is 0 Å². The van der Waals surface area contributed by atoms with Crippen LogP contribution in [0.2, 0.25) is 0 Å². The summed E-state index contributed by atoms with van der Waals surface area (Å²) in [5.41, 5.74) is 5.01. The molecule has 0 saturated carbocycles. The van der Waals surface area contributed by atoms with Gasteiger partial charge in [0.1, 0.15) is 15.9 Å². The third kappa shape index (κ3) is 9.90. The van der Waals surface area contributed by atoms with E-state index in [1.54, 1.807) is 30.3 Å². The summed E-state index contributed by atoms with van der Waals surface area (Å²) in [4.78, 5) is 24.7. The van der Waals surface area contributed by atoms with Gasteiger partial charge >= 0.3 is 0 Å². The molecule has 0 unspecified atom stereocenters. The molecule has 2 amide bonds. The number of hydrogen-bond acceptors (Lipinski definition) is 5. The summed E-state index contributed by atoms with van der Waals surface area (Å²) in [5, 5.41) is 5.72. The van der Waals surface area contributed by atoms with E-state index in [-0.39, 0.29) is 22.8 Å². The molecule has 0 saturated heterocycles. The van der Waals surface area contributed by atoms with Gasteiger partial charge in [0.2, 0.25) is 0 Å². The van der Waals surface area contributed by atoms with Crippen molar-refractivity contribution in [3.05, 3.63) is 35.9 Å². The number of hydrogen-bond donors (Lipinski definition) is 4. The Hall–Kier alpha value is -2.20. The maximum absolute atomic E-state index is 12.4. The average Bonchev–Trinajstić information content (AvgIpc) is 2.54. The van der Waals surface area contributed by atoms with Crippen LogP contribution in [0.1, 0.15) is 37.6 Å². The van der Waals surface area contributed by atoms with E-state index in [0.29, 0.717) is 5.56 Å². The highest BCUT2D eigenvalue weighted by Gasteiger charge is 2.23. The predicted molar refractivity (Wildman–Crippen MR) is 109 cm³/mol. The second-order valence-electron chi connectivity index (χ2n) is 7.13. The molecule has 27 heavy (non-hydrogen) atoms. The summed E-state index contributed by atoms with van der Waals surface area (Å²) in [6.45, 7) is 5.70. The van der Waals surface area contributed by atoms with Crippen LogP contribution in [-0.4, -0.2) is 48.9 Å². The molecule has 0 fully saturated rings. The van der Waals surface area contributed by atoms with Gasteiger partial charge in [-0.3, -0.25) is 20.4 Å². The Morgan fingerprint density at radius 1 is 1.11 bits per heavy atom. The number of amides is 2. The first-order valence-electron chi connectivity index (χ1n) is 8.29. The predicted octanol–water partition coefficient (Wildman–Crippen LogP) is 0.514. The highest BCUT2D eigenvalue weighted by molar-refractivity contribution is 7.90. The van der Waals surface area contributed by atoms with Gasteiger partial charge in [-0.25, -0.2) is 8.42 Å². The first-order valence-corrected chi connectivity index (χ1v) is 10.8. The Bertz CT molecular complexity index is 774. The summed E-state index contributed by atoms with van der Waals surface area (Å²) >= 11 is 5.08. The van der Waals surface area contributed by atoms with E-state index in [1.807, 2.05) is 20.8 Å². The summed E-state index contributed by atoms with van der Waals surface area (Å²) in [5.74, 6) is -1.31. The van der Waals surface area contributed by atoms with Gasteiger partial charge in [0.05, 0.1) is 5.75 Å². The molecule has 0 bridgehead atoms. The number of sulfone groups is 1. The maximum atomic E-state index is 12.4. The third-order valence-electron chi connectivity index (χ3n) is 3.22. The molecule has 8 nitrogen and oxygen atoms in total. The Balaban J connectivity index is 2.76. The van der Waals surface area contributed by atoms with Gasteiger partial charge < -0.3 is 10.6 Å². The minimum absolute atomic E-state index is 0.0651. The van der Waals surface area contributed by atoms with Gasteiger partial charge in [0, 0.05) is 17.4 Å². The molecule has 150 valence electrons. The standard InChI is InChI=1S/C17H26N4O4S2/c1-17(2,3)19-16(26)21-20-15(23)13(10-11-27(4,24)25)18-14(22)12-8-6-5-7-9-12/h5-9,13H,10-11H2,1-4H3,(H,18,22)(H,20,23)(H2,19,21,26)/t13-/m1/s1. The molecule has 4 N–H and O–H groups in total. The van der Waals surface area contributed by atoms with Crippen molar-refractivity contribution < 1.29 is 18.0 Å². The second kappa shape index (κ2) is 9.65. The van der Waals surface area contributed by atoms with Crippen LogP contribution in [0.15, 0.2) is 30.3 Å². The minimum Gasteiger partial charge on any atom is -0.357 e. The summed E-state index contributed by atoms with van der Waals surface area (Å²) < 4.78 is 22.9. The van der Waals surface area contributed by atoms with Crippen LogP contribution in [0, 0.1) is 0 Å². The summed E-state index contributed by atoms with van der Waals surface area (Å²) in [6.07, 6.45) is 1.01.